The molecule has 0 unspecified atom stereocenters. The Morgan fingerprint density at radius 2 is 2.22 bits per heavy atom. The molecule has 1 aliphatic rings. The molecule has 0 radical (unpaired) electrons. The molecular formula is C15H18N4O4. The van der Waals surface area contributed by atoms with E-state index in [1.54, 1.807) is 39.3 Å². The van der Waals surface area contributed by atoms with Gasteiger partial charge in [-0.3, -0.25) is 9.59 Å². The van der Waals surface area contributed by atoms with Crippen LogP contribution in [0.4, 0.5) is 0 Å². The highest BCUT2D eigenvalue weighted by molar-refractivity contribution is 6.09. The van der Waals surface area contributed by atoms with Crippen LogP contribution in [0.25, 0.3) is 0 Å². The molecule has 2 N–H and O–H groups in total. The molecule has 23 heavy (non-hydrogen) atoms. The fraction of sp³-hybridized carbons (Fsp3) is 0.333. The molecule has 0 spiro atoms. The van der Waals surface area contributed by atoms with Crippen LogP contribution in [0.2, 0.25) is 0 Å². The van der Waals surface area contributed by atoms with Crippen molar-refractivity contribution in [1.29, 1.82) is 0 Å². The van der Waals surface area contributed by atoms with E-state index >= 15 is 0 Å². The van der Waals surface area contributed by atoms with E-state index in [2.05, 4.69) is 21.1 Å². The second kappa shape index (κ2) is 7.39. The monoisotopic (exact) mass is 318 g/mol. The van der Waals surface area contributed by atoms with Crippen LogP contribution < -0.4 is 20.3 Å². The van der Waals surface area contributed by atoms with Gasteiger partial charge < -0.3 is 9.47 Å². The van der Waals surface area contributed by atoms with Crippen LogP contribution in [0.15, 0.2) is 28.4 Å². The zero-order valence-corrected chi connectivity index (χ0v) is 13.1. The highest BCUT2D eigenvalue weighted by Gasteiger charge is 2.28. The van der Waals surface area contributed by atoms with Gasteiger partial charge in [-0.1, -0.05) is 0 Å². The van der Waals surface area contributed by atoms with Gasteiger partial charge in [0, 0.05) is 17.7 Å². The third-order valence-corrected chi connectivity index (χ3v) is 3.38. The largest absolute Gasteiger partial charge is 0.497 e. The van der Waals surface area contributed by atoms with Crippen LogP contribution in [-0.4, -0.2) is 38.0 Å². The smallest absolute Gasteiger partial charge is 0.249 e. The first-order valence-electron chi connectivity index (χ1n) is 6.93. The molecule has 8 heteroatoms. The first-order valence-corrected chi connectivity index (χ1v) is 6.93. The Morgan fingerprint density at radius 1 is 1.43 bits per heavy atom. The number of ether oxygens (including phenoxy) is 2. The lowest BCUT2D eigenvalue weighted by atomic mass is 10.0. The van der Waals surface area contributed by atoms with E-state index in [1.165, 1.54) is 6.21 Å². The molecule has 0 bridgehead atoms. The molecule has 0 aliphatic carbocycles. The van der Waals surface area contributed by atoms with Gasteiger partial charge in [-0.15, -0.1) is 0 Å². The minimum Gasteiger partial charge on any atom is -0.497 e. The van der Waals surface area contributed by atoms with Crippen molar-refractivity contribution in [2.24, 2.45) is 16.1 Å². The third kappa shape index (κ3) is 4.06. The Balaban J connectivity index is 1.97. The number of carbonyl (C=O) groups excluding carboxylic acids is 2. The summed E-state index contributed by atoms with van der Waals surface area (Å²) in [6, 6.07) is 5.23. The summed E-state index contributed by atoms with van der Waals surface area (Å²) in [5.74, 6) is 0.0438. The molecule has 0 aromatic heterocycles. The number of hydrogen-bond donors (Lipinski definition) is 2. The lowest BCUT2D eigenvalue weighted by Gasteiger charge is -2.07. The van der Waals surface area contributed by atoms with E-state index in [1.807, 2.05) is 0 Å². The van der Waals surface area contributed by atoms with E-state index in [-0.39, 0.29) is 18.2 Å². The van der Waals surface area contributed by atoms with Crippen LogP contribution >= 0.6 is 0 Å². The van der Waals surface area contributed by atoms with Crippen molar-refractivity contribution in [3.63, 3.8) is 0 Å². The number of nitrogens with zero attached hydrogens (tertiary/aromatic N) is 2. The maximum absolute atomic E-state index is 11.8. The van der Waals surface area contributed by atoms with Crippen LogP contribution in [0, 0.1) is 5.92 Å². The average molecular weight is 318 g/mol. The first-order chi connectivity index (χ1) is 11.0. The summed E-state index contributed by atoms with van der Waals surface area (Å²) < 4.78 is 10.3. The number of nitrogens with one attached hydrogen (secondary N) is 2. The Morgan fingerprint density at radius 3 is 2.83 bits per heavy atom. The number of amides is 2. The van der Waals surface area contributed by atoms with Crippen LogP contribution in [0.3, 0.4) is 0 Å². The van der Waals surface area contributed by atoms with Crippen molar-refractivity contribution < 1.29 is 19.1 Å². The quantitative estimate of drug-likeness (QED) is 0.594. The topological polar surface area (TPSA) is 101 Å². The summed E-state index contributed by atoms with van der Waals surface area (Å²) in [6.07, 6.45) is 1.45. The molecule has 122 valence electrons. The minimum atomic E-state index is -0.545. The van der Waals surface area contributed by atoms with E-state index in [0.717, 1.165) is 0 Å². The molecular weight excluding hydrogens is 300 g/mol. The summed E-state index contributed by atoms with van der Waals surface area (Å²) in [4.78, 5) is 23.3. The summed E-state index contributed by atoms with van der Waals surface area (Å²) in [7, 11) is 3.10. The van der Waals surface area contributed by atoms with Gasteiger partial charge >= 0.3 is 0 Å². The van der Waals surface area contributed by atoms with Crippen molar-refractivity contribution >= 4 is 23.7 Å². The molecule has 0 saturated heterocycles. The van der Waals surface area contributed by atoms with E-state index in [4.69, 9.17) is 9.47 Å². The van der Waals surface area contributed by atoms with Gasteiger partial charge in [-0.25, -0.2) is 10.9 Å². The molecule has 1 aromatic carbocycles. The lowest BCUT2D eigenvalue weighted by molar-refractivity contribution is -0.127. The molecule has 1 heterocycles. The van der Waals surface area contributed by atoms with Gasteiger partial charge in [0.25, 0.3) is 0 Å². The van der Waals surface area contributed by atoms with Gasteiger partial charge in [-0.05, 0) is 25.1 Å². The molecule has 2 rings (SSSR count). The second-order valence-electron chi connectivity index (χ2n) is 4.89. The zero-order valence-electron chi connectivity index (χ0n) is 13.1. The van der Waals surface area contributed by atoms with Crippen LogP contribution in [0.5, 0.6) is 11.5 Å². The van der Waals surface area contributed by atoms with Gasteiger partial charge in [0.1, 0.15) is 11.5 Å². The van der Waals surface area contributed by atoms with Gasteiger partial charge in [0.05, 0.1) is 26.4 Å². The molecule has 2 amide bonds. The molecule has 1 aliphatic heterocycles. The molecule has 8 nitrogen and oxygen atoms in total. The van der Waals surface area contributed by atoms with Crippen molar-refractivity contribution in [3.05, 3.63) is 23.8 Å². The average Bonchev–Trinajstić information content (AvgIpc) is 2.86. The van der Waals surface area contributed by atoms with Crippen molar-refractivity contribution in [2.45, 2.75) is 13.3 Å². The summed E-state index contributed by atoms with van der Waals surface area (Å²) in [5.41, 5.74) is 5.96. The SMILES string of the molecule is COc1ccc(OC)c(/C=N\NC(=O)C[C@H]2C(=O)NN=C2C)c1. The highest BCUT2D eigenvalue weighted by Crippen LogP contribution is 2.22. The Hall–Kier alpha value is -2.90. The minimum absolute atomic E-state index is 0.00620. The Bertz CT molecular complexity index is 669. The van der Waals surface area contributed by atoms with Crippen LogP contribution in [0.1, 0.15) is 18.9 Å². The van der Waals surface area contributed by atoms with Crippen molar-refractivity contribution in [1.82, 2.24) is 10.9 Å². The number of hydrogen-bond acceptors (Lipinski definition) is 6. The number of carbonyl (C=O) groups is 2. The Labute approximate surface area is 133 Å². The number of rotatable bonds is 6. The zero-order chi connectivity index (χ0) is 16.8. The normalized spacial score (nSPS) is 16.9. The maximum Gasteiger partial charge on any atom is 0.249 e. The lowest BCUT2D eigenvalue weighted by Crippen LogP contribution is -2.29. The number of methoxy groups -OCH3 is 2. The molecule has 1 atom stereocenters. The van der Waals surface area contributed by atoms with Gasteiger partial charge in [0.2, 0.25) is 11.8 Å². The predicted octanol–water partition coefficient (Wildman–Crippen LogP) is 0.666. The summed E-state index contributed by atoms with van der Waals surface area (Å²) in [5, 5.41) is 7.68. The molecule has 1 aromatic rings. The fourth-order valence-corrected chi connectivity index (χ4v) is 2.07. The highest BCUT2D eigenvalue weighted by atomic mass is 16.5. The fourth-order valence-electron chi connectivity index (χ4n) is 2.07. The molecule has 0 saturated carbocycles. The summed E-state index contributed by atoms with van der Waals surface area (Å²) >= 11 is 0. The van der Waals surface area contributed by atoms with Crippen molar-refractivity contribution in [3.8, 4) is 11.5 Å². The number of benzene rings is 1. The van der Waals surface area contributed by atoms with Gasteiger partial charge in [0.15, 0.2) is 0 Å². The van der Waals surface area contributed by atoms with E-state index < -0.39 is 5.92 Å². The van der Waals surface area contributed by atoms with E-state index in [9.17, 15) is 9.59 Å². The second-order valence-corrected chi connectivity index (χ2v) is 4.89. The van der Waals surface area contributed by atoms with Crippen LogP contribution in [-0.2, 0) is 9.59 Å². The third-order valence-electron chi connectivity index (χ3n) is 3.38. The Kier molecular flexibility index (Phi) is 5.29. The first kappa shape index (κ1) is 16.5. The standard InChI is InChI=1S/C15H18N4O4/c1-9-12(15(21)19-17-9)7-14(20)18-16-8-10-6-11(22-2)4-5-13(10)23-3/h4-6,8,12H,7H2,1-3H3,(H,18,20)(H,19,21)/b16-8-/t12-/m1/s1. The summed E-state index contributed by atoms with van der Waals surface area (Å²) in [6.45, 7) is 1.69. The maximum atomic E-state index is 11.8. The van der Waals surface area contributed by atoms with E-state index in [0.29, 0.717) is 22.8 Å². The number of hydrazone groups is 2. The van der Waals surface area contributed by atoms with Gasteiger partial charge in [-0.2, -0.15) is 10.2 Å². The molecule has 0 fully saturated rings. The van der Waals surface area contributed by atoms with Crippen molar-refractivity contribution in [2.75, 3.05) is 14.2 Å². The predicted molar refractivity (Wildman–Crippen MR) is 84.6 cm³/mol.